The molecule has 0 radical (unpaired) electrons. The van der Waals surface area contributed by atoms with Crippen LogP contribution in [0.2, 0.25) is 0 Å². The molecule has 0 aliphatic heterocycles. The molecule has 0 saturated heterocycles. The zero-order valence-electron chi connectivity index (χ0n) is 11.0. The highest BCUT2D eigenvalue weighted by Crippen LogP contribution is 2.31. The van der Waals surface area contributed by atoms with Gasteiger partial charge in [-0.25, -0.2) is 13.1 Å². The summed E-state index contributed by atoms with van der Waals surface area (Å²) in [7, 11) is -3.12. The normalized spacial score (nSPS) is 19.1. The van der Waals surface area contributed by atoms with Crippen LogP contribution in [0.25, 0.3) is 0 Å². The Morgan fingerprint density at radius 3 is 2.89 bits per heavy atom. The van der Waals surface area contributed by atoms with Gasteiger partial charge in [0.05, 0.1) is 6.26 Å². The fourth-order valence-electron chi connectivity index (χ4n) is 2.48. The molecule has 0 fully saturated rings. The molecule has 0 saturated carbocycles. The standard InChI is InChI=1S/C13H20N2O3S/c1-19(17,18)15-8-7-14-13-4-2-3-10-5-6-11(16)9-12(10)13/h5-6,9,13-16H,2-4,7-8H2,1H3. The van der Waals surface area contributed by atoms with Crippen molar-refractivity contribution in [1.82, 2.24) is 10.0 Å². The molecule has 1 aromatic rings. The molecule has 0 aromatic heterocycles. The Balaban J connectivity index is 1.94. The second kappa shape index (κ2) is 5.90. The number of hydrogen-bond donors (Lipinski definition) is 3. The summed E-state index contributed by atoms with van der Waals surface area (Å²) in [4.78, 5) is 0. The molecule has 3 N–H and O–H groups in total. The monoisotopic (exact) mass is 284 g/mol. The van der Waals surface area contributed by atoms with Crippen LogP contribution < -0.4 is 10.0 Å². The van der Waals surface area contributed by atoms with E-state index in [-0.39, 0.29) is 11.8 Å². The van der Waals surface area contributed by atoms with E-state index in [0.717, 1.165) is 31.1 Å². The molecule has 1 atom stereocenters. The van der Waals surface area contributed by atoms with Gasteiger partial charge < -0.3 is 10.4 Å². The van der Waals surface area contributed by atoms with Crippen molar-refractivity contribution in [2.75, 3.05) is 19.3 Å². The number of fused-ring (bicyclic) bond motifs is 1. The number of benzene rings is 1. The smallest absolute Gasteiger partial charge is 0.208 e. The van der Waals surface area contributed by atoms with E-state index in [0.29, 0.717) is 13.1 Å². The lowest BCUT2D eigenvalue weighted by Gasteiger charge is -2.26. The van der Waals surface area contributed by atoms with E-state index in [2.05, 4.69) is 10.0 Å². The Bertz CT molecular complexity index is 543. The van der Waals surface area contributed by atoms with Gasteiger partial charge in [0.2, 0.25) is 10.0 Å². The van der Waals surface area contributed by atoms with Gasteiger partial charge in [0, 0.05) is 19.1 Å². The van der Waals surface area contributed by atoms with E-state index >= 15 is 0 Å². The Labute approximate surface area is 114 Å². The maximum Gasteiger partial charge on any atom is 0.208 e. The van der Waals surface area contributed by atoms with Crippen LogP contribution in [0.15, 0.2) is 18.2 Å². The summed E-state index contributed by atoms with van der Waals surface area (Å²) in [6.07, 6.45) is 4.31. The van der Waals surface area contributed by atoms with E-state index in [1.54, 1.807) is 12.1 Å². The Kier molecular flexibility index (Phi) is 4.44. The van der Waals surface area contributed by atoms with Crippen LogP contribution in [0.4, 0.5) is 0 Å². The highest BCUT2D eigenvalue weighted by atomic mass is 32.2. The minimum Gasteiger partial charge on any atom is -0.508 e. The van der Waals surface area contributed by atoms with E-state index < -0.39 is 10.0 Å². The summed E-state index contributed by atoms with van der Waals surface area (Å²) in [6.45, 7) is 0.955. The molecule has 19 heavy (non-hydrogen) atoms. The lowest BCUT2D eigenvalue weighted by atomic mass is 9.87. The number of sulfonamides is 1. The third-order valence-corrected chi connectivity index (χ3v) is 4.05. The van der Waals surface area contributed by atoms with Crippen molar-refractivity contribution in [3.05, 3.63) is 29.3 Å². The van der Waals surface area contributed by atoms with Crippen molar-refractivity contribution in [3.8, 4) is 5.75 Å². The zero-order chi connectivity index (χ0) is 13.9. The highest BCUT2D eigenvalue weighted by Gasteiger charge is 2.19. The second-order valence-electron chi connectivity index (χ2n) is 4.95. The van der Waals surface area contributed by atoms with Crippen LogP contribution >= 0.6 is 0 Å². The molecule has 1 aliphatic rings. The molecule has 2 rings (SSSR count). The first-order chi connectivity index (χ1) is 8.96. The highest BCUT2D eigenvalue weighted by molar-refractivity contribution is 7.88. The molecule has 6 heteroatoms. The van der Waals surface area contributed by atoms with Crippen molar-refractivity contribution in [2.24, 2.45) is 0 Å². The number of nitrogens with one attached hydrogen (secondary N) is 2. The first kappa shape index (κ1) is 14.3. The predicted octanol–water partition coefficient (Wildman–Crippen LogP) is 0.908. The Morgan fingerprint density at radius 2 is 2.16 bits per heavy atom. The molecule has 1 aliphatic carbocycles. The van der Waals surface area contributed by atoms with E-state index in [1.807, 2.05) is 6.07 Å². The maximum atomic E-state index is 11.0. The summed E-state index contributed by atoms with van der Waals surface area (Å²) in [5.41, 5.74) is 2.39. The largest absolute Gasteiger partial charge is 0.508 e. The number of aryl methyl sites for hydroxylation is 1. The summed E-state index contributed by atoms with van der Waals surface area (Å²) >= 11 is 0. The molecule has 0 bridgehead atoms. The van der Waals surface area contributed by atoms with Gasteiger partial charge in [-0.2, -0.15) is 0 Å². The lowest BCUT2D eigenvalue weighted by Crippen LogP contribution is -2.34. The minimum absolute atomic E-state index is 0.192. The van der Waals surface area contributed by atoms with Crippen LogP contribution in [0, 0.1) is 0 Å². The molecule has 5 nitrogen and oxygen atoms in total. The first-order valence-corrected chi connectivity index (χ1v) is 8.35. The molecule has 0 heterocycles. The molecule has 0 spiro atoms. The maximum absolute atomic E-state index is 11.0. The van der Waals surface area contributed by atoms with Crippen LogP contribution in [0.1, 0.15) is 30.0 Å². The molecular formula is C13H20N2O3S. The first-order valence-electron chi connectivity index (χ1n) is 6.45. The third kappa shape index (κ3) is 4.19. The molecular weight excluding hydrogens is 264 g/mol. The van der Waals surface area contributed by atoms with Crippen LogP contribution in [-0.4, -0.2) is 32.9 Å². The Hall–Kier alpha value is -1.11. The fourth-order valence-corrected chi connectivity index (χ4v) is 2.95. The number of hydrogen-bond acceptors (Lipinski definition) is 4. The molecule has 106 valence electrons. The lowest BCUT2D eigenvalue weighted by molar-refractivity contribution is 0.447. The number of phenolic OH excluding ortho intramolecular Hbond substituents is 1. The van der Waals surface area contributed by atoms with E-state index in [1.165, 1.54) is 5.56 Å². The minimum atomic E-state index is -3.12. The molecule has 0 amide bonds. The molecule has 1 unspecified atom stereocenters. The van der Waals surface area contributed by atoms with Crippen LogP contribution in [-0.2, 0) is 16.4 Å². The summed E-state index contributed by atoms with van der Waals surface area (Å²) in [6, 6.07) is 5.67. The SMILES string of the molecule is CS(=O)(=O)NCCNC1CCCc2ccc(O)cc21. The van der Waals surface area contributed by atoms with Gasteiger partial charge in [-0.05, 0) is 42.5 Å². The average molecular weight is 284 g/mol. The van der Waals surface area contributed by atoms with Crippen LogP contribution in [0.3, 0.4) is 0 Å². The summed E-state index contributed by atoms with van der Waals surface area (Å²) in [5.74, 6) is 0.279. The average Bonchev–Trinajstić information content (AvgIpc) is 2.33. The van der Waals surface area contributed by atoms with Gasteiger partial charge in [0.1, 0.15) is 5.75 Å². The van der Waals surface area contributed by atoms with Crippen molar-refractivity contribution < 1.29 is 13.5 Å². The van der Waals surface area contributed by atoms with Crippen molar-refractivity contribution in [3.63, 3.8) is 0 Å². The van der Waals surface area contributed by atoms with E-state index in [9.17, 15) is 13.5 Å². The van der Waals surface area contributed by atoms with Crippen LogP contribution in [0.5, 0.6) is 5.75 Å². The van der Waals surface area contributed by atoms with E-state index in [4.69, 9.17) is 0 Å². The van der Waals surface area contributed by atoms with Gasteiger partial charge in [-0.15, -0.1) is 0 Å². The Morgan fingerprint density at radius 1 is 1.37 bits per heavy atom. The number of phenols is 1. The molecule has 1 aromatic carbocycles. The van der Waals surface area contributed by atoms with Crippen molar-refractivity contribution in [1.29, 1.82) is 0 Å². The quantitative estimate of drug-likeness (QED) is 0.702. The number of aromatic hydroxyl groups is 1. The topological polar surface area (TPSA) is 78.4 Å². The second-order valence-corrected chi connectivity index (χ2v) is 6.78. The van der Waals surface area contributed by atoms with Gasteiger partial charge >= 0.3 is 0 Å². The fraction of sp³-hybridized carbons (Fsp3) is 0.538. The van der Waals surface area contributed by atoms with Gasteiger partial charge in [-0.1, -0.05) is 6.07 Å². The van der Waals surface area contributed by atoms with Gasteiger partial charge in [-0.3, -0.25) is 0 Å². The summed E-state index contributed by atoms with van der Waals surface area (Å²) in [5, 5.41) is 12.9. The third-order valence-electron chi connectivity index (χ3n) is 3.32. The van der Waals surface area contributed by atoms with Gasteiger partial charge in [0.25, 0.3) is 0 Å². The van der Waals surface area contributed by atoms with Crippen molar-refractivity contribution in [2.45, 2.75) is 25.3 Å². The summed E-state index contributed by atoms with van der Waals surface area (Å²) < 4.78 is 24.4. The van der Waals surface area contributed by atoms with Crippen molar-refractivity contribution >= 4 is 10.0 Å². The zero-order valence-corrected chi connectivity index (χ0v) is 11.8. The number of rotatable bonds is 5. The predicted molar refractivity (Wildman–Crippen MR) is 74.6 cm³/mol. The van der Waals surface area contributed by atoms with Gasteiger partial charge in [0.15, 0.2) is 0 Å².